The van der Waals surface area contributed by atoms with Gasteiger partial charge in [0.1, 0.15) is 5.25 Å². The summed E-state index contributed by atoms with van der Waals surface area (Å²) < 4.78 is 22.7. The van der Waals surface area contributed by atoms with Crippen LogP contribution in [0.4, 0.5) is 0 Å². The molecule has 0 bridgehead atoms. The lowest BCUT2D eigenvalue weighted by Crippen LogP contribution is -2.31. The van der Waals surface area contributed by atoms with Crippen molar-refractivity contribution in [1.29, 1.82) is 0 Å². The summed E-state index contributed by atoms with van der Waals surface area (Å²) in [7, 11) is 0.333. The van der Waals surface area contributed by atoms with Crippen molar-refractivity contribution in [3.63, 3.8) is 0 Å². The van der Waals surface area contributed by atoms with Crippen LogP contribution >= 0.6 is 0 Å². The highest BCUT2D eigenvalue weighted by Gasteiger charge is 2.36. The average molecular weight is 311 g/mol. The predicted octanol–water partition coefficient (Wildman–Crippen LogP) is 0.138. The quantitative estimate of drug-likeness (QED) is 0.838. The molecule has 1 atom stereocenters. The molecule has 7 heteroatoms. The van der Waals surface area contributed by atoms with Gasteiger partial charge in [-0.3, -0.25) is 4.79 Å². The van der Waals surface area contributed by atoms with Crippen molar-refractivity contribution in [2.24, 2.45) is 5.14 Å². The van der Waals surface area contributed by atoms with E-state index in [0.717, 1.165) is 17.7 Å². The third-order valence-corrected chi connectivity index (χ3v) is 4.75. The lowest BCUT2D eigenvalue weighted by molar-refractivity contribution is -0.128. The maximum atomic E-state index is 11.9. The Balaban J connectivity index is 2.07. The third kappa shape index (κ3) is 4.26. The molecular weight excluding hydrogens is 290 g/mol. The SMILES string of the molecule is CN(C)Cc1cccc(CN2CC(S(N)(=O)=O)CC2=O)c1. The number of hydrogen-bond acceptors (Lipinski definition) is 4. The number of nitrogens with zero attached hydrogens (tertiary/aromatic N) is 2. The zero-order valence-corrected chi connectivity index (χ0v) is 13.1. The zero-order valence-electron chi connectivity index (χ0n) is 12.3. The normalized spacial score (nSPS) is 19.5. The van der Waals surface area contributed by atoms with Crippen LogP contribution in [-0.4, -0.2) is 50.0 Å². The molecule has 1 saturated heterocycles. The zero-order chi connectivity index (χ0) is 15.6. The molecule has 1 aliphatic rings. The maximum absolute atomic E-state index is 11.9. The van der Waals surface area contributed by atoms with E-state index in [4.69, 9.17) is 5.14 Å². The van der Waals surface area contributed by atoms with Crippen molar-refractivity contribution in [2.75, 3.05) is 20.6 Å². The van der Waals surface area contributed by atoms with Gasteiger partial charge in [0.25, 0.3) is 0 Å². The highest BCUT2D eigenvalue weighted by Crippen LogP contribution is 2.19. The number of rotatable bonds is 5. The Morgan fingerprint density at radius 1 is 1.33 bits per heavy atom. The van der Waals surface area contributed by atoms with Crippen molar-refractivity contribution in [3.05, 3.63) is 35.4 Å². The molecule has 116 valence electrons. The maximum Gasteiger partial charge on any atom is 0.224 e. The number of sulfonamides is 1. The van der Waals surface area contributed by atoms with E-state index in [1.54, 1.807) is 4.90 Å². The van der Waals surface area contributed by atoms with Gasteiger partial charge in [-0.25, -0.2) is 13.6 Å². The van der Waals surface area contributed by atoms with Gasteiger partial charge in [-0.2, -0.15) is 0 Å². The van der Waals surface area contributed by atoms with E-state index < -0.39 is 15.3 Å². The fraction of sp³-hybridized carbons (Fsp3) is 0.500. The molecule has 0 aromatic heterocycles. The minimum Gasteiger partial charge on any atom is -0.337 e. The van der Waals surface area contributed by atoms with Gasteiger partial charge in [0, 0.05) is 26.1 Å². The smallest absolute Gasteiger partial charge is 0.224 e. The van der Waals surface area contributed by atoms with E-state index in [1.165, 1.54) is 0 Å². The number of carbonyl (C=O) groups is 1. The van der Waals surface area contributed by atoms with Crippen LogP contribution in [0.5, 0.6) is 0 Å². The Morgan fingerprint density at radius 3 is 2.57 bits per heavy atom. The molecule has 6 nitrogen and oxygen atoms in total. The van der Waals surface area contributed by atoms with Crippen LogP contribution in [0.1, 0.15) is 17.5 Å². The summed E-state index contributed by atoms with van der Waals surface area (Å²) in [6.45, 7) is 1.42. The topological polar surface area (TPSA) is 83.7 Å². The lowest BCUT2D eigenvalue weighted by atomic mass is 10.1. The molecule has 1 amide bonds. The Hall–Kier alpha value is -1.44. The predicted molar refractivity (Wildman–Crippen MR) is 80.8 cm³/mol. The van der Waals surface area contributed by atoms with E-state index in [1.807, 2.05) is 38.4 Å². The first-order chi connectivity index (χ1) is 9.75. The minimum atomic E-state index is -3.65. The van der Waals surface area contributed by atoms with Crippen LogP contribution in [0.2, 0.25) is 0 Å². The number of primary sulfonamides is 1. The van der Waals surface area contributed by atoms with Gasteiger partial charge < -0.3 is 9.80 Å². The first-order valence-corrected chi connectivity index (χ1v) is 8.38. The fourth-order valence-corrected chi connectivity index (χ4v) is 3.28. The monoisotopic (exact) mass is 311 g/mol. The molecule has 2 N–H and O–H groups in total. The van der Waals surface area contributed by atoms with Gasteiger partial charge in [-0.1, -0.05) is 24.3 Å². The second kappa shape index (κ2) is 6.13. The third-order valence-electron chi connectivity index (χ3n) is 3.51. The van der Waals surface area contributed by atoms with Crippen LogP contribution in [0.25, 0.3) is 0 Å². The second-order valence-corrected chi connectivity index (χ2v) is 7.59. The van der Waals surface area contributed by atoms with E-state index in [9.17, 15) is 13.2 Å². The Bertz CT molecular complexity index is 628. The van der Waals surface area contributed by atoms with Crippen molar-refractivity contribution < 1.29 is 13.2 Å². The van der Waals surface area contributed by atoms with Gasteiger partial charge in [0.2, 0.25) is 15.9 Å². The summed E-state index contributed by atoms with van der Waals surface area (Å²) in [5, 5.41) is 4.34. The van der Waals surface area contributed by atoms with Crippen LogP contribution in [-0.2, 0) is 27.9 Å². The summed E-state index contributed by atoms with van der Waals surface area (Å²) in [5.41, 5.74) is 2.16. The first kappa shape index (κ1) is 15.9. The summed E-state index contributed by atoms with van der Waals surface area (Å²) in [4.78, 5) is 15.5. The van der Waals surface area contributed by atoms with Crippen molar-refractivity contribution >= 4 is 15.9 Å². The van der Waals surface area contributed by atoms with Gasteiger partial charge in [-0.05, 0) is 25.2 Å². The summed E-state index contributed by atoms with van der Waals surface area (Å²) in [6, 6.07) is 7.96. The minimum absolute atomic E-state index is 0.0176. The molecule has 0 aliphatic carbocycles. The van der Waals surface area contributed by atoms with Gasteiger partial charge in [0.15, 0.2) is 0 Å². The van der Waals surface area contributed by atoms with E-state index >= 15 is 0 Å². The molecule has 1 aromatic rings. The number of hydrogen-bond donors (Lipinski definition) is 1. The molecule has 1 heterocycles. The number of benzene rings is 1. The van der Waals surface area contributed by atoms with Gasteiger partial charge in [0.05, 0.1) is 0 Å². The van der Waals surface area contributed by atoms with Crippen LogP contribution in [0.3, 0.4) is 0 Å². The first-order valence-electron chi connectivity index (χ1n) is 6.77. The summed E-state index contributed by atoms with van der Waals surface area (Å²) in [6.07, 6.45) is -0.0176. The Morgan fingerprint density at radius 2 is 2.00 bits per heavy atom. The molecule has 0 spiro atoms. The van der Waals surface area contributed by atoms with Crippen LogP contribution in [0, 0.1) is 0 Å². The molecule has 1 fully saturated rings. The van der Waals surface area contributed by atoms with Crippen LogP contribution in [0.15, 0.2) is 24.3 Å². The van der Waals surface area contributed by atoms with Crippen molar-refractivity contribution in [2.45, 2.75) is 24.8 Å². The fourth-order valence-electron chi connectivity index (χ4n) is 2.52. The van der Waals surface area contributed by atoms with Gasteiger partial charge >= 0.3 is 0 Å². The summed E-state index contributed by atoms with van der Waals surface area (Å²) >= 11 is 0. The van der Waals surface area contributed by atoms with Crippen molar-refractivity contribution in [3.8, 4) is 0 Å². The Labute approximate surface area is 125 Å². The van der Waals surface area contributed by atoms with E-state index in [0.29, 0.717) is 6.54 Å². The molecule has 21 heavy (non-hydrogen) atoms. The molecule has 1 aliphatic heterocycles. The molecule has 0 radical (unpaired) electrons. The molecule has 1 aromatic carbocycles. The van der Waals surface area contributed by atoms with E-state index in [2.05, 4.69) is 4.90 Å². The standard InChI is InChI=1S/C14H21N3O3S/c1-16(2)8-11-4-3-5-12(6-11)9-17-10-13(7-14(17)18)21(15,19)20/h3-6,13H,7-10H2,1-2H3,(H2,15,19,20). The highest BCUT2D eigenvalue weighted by molar-refractivity contribution is 7.89. The Kier molecular flexibility index (Phi) is 4.65. The number of amides is 1. The number of nitrogens with two attached hydrogens (primary N) is 1. The number of carbonyl (C=O) groups excluding carboxylic acids is 1. The molecule has 2 rings (SSSR count). The summed E-state index contributed by atoms with van der Waals surface area (Å²) in [5.74, 6) is -0.160. The largest absolute Gasteiger partial charge is 0.337 e. The van der Waals surface area contributed by atoms with E-state index in [-0.39, 0.29) is 18.9 Å². The lowest BCUT2D eigenvalue weighted by Gasteiger charge is -2.17. The average Bonchev–Trinajstić information content (AvgIpc) is 2.70. The molecule has 0 saturated carbocycles. The van der Waals surface area contributed by atoms with Gasteiger partial charge in [-0.15, -0.1) is 0 Å². The number of likely N-dealkylation sites (tertiary alicyclic amines) is 1. The molecule has 1 unspecified atom stereocenters. The van der Waals surface area contributed by atoms with Crippen LogP contribution < -0.4 is 5.14 Å². The van der Waals surface area contributed by atoms with Crippen molar-refractivity contribution in [1.82, 2.24) is 9.80 Å². The highest BCUT2D eigenvalue weighted by atomic mass is 32.2. The second-order valence-electron chi connectivity index (χ2n) is 5.75. The molecular formula is C14H21N3O3S.